The van der Waals surface area contributed by atoms with Crippen LogP contribution >= 0.6 is 0 Å². The van der Waals surface area contributed by atoms with Gasteiger partial charge < -0.3 is 19.6 Å². The van der Waals surface area contributed by atoms with Crippen LogP contribution in [0, 0.1) is 11.7 Å². The van der Waals surface area contributed by atoms with Crippen LogP contribution in [0.5, 0.6) is 0 Å². The molecule has 2 aromatic heterocycles. The SMILES string of the molecule is Cn1c(-c2cc3ccc(S(C)(=O)=O)c4c3n2C(C2CC2)CN4)nc2cc(C(=O)O)cc(F)c21. The highest BCUT2D eigenvalue weighted by Crippen LogP contribution is 2.48. The minimum absolute atomic E-state index is 0.110. The third-order valence-electron chi connectivity index (χ3n) is 6.75. The maximum atomic E-state index is 14.9. The third kappa shape index (κ3) is 2.90. The predicted octanol–water partition coefficient (Wildman–Crippen LogP) is 3.81. The summed E-state index contributed by atoms with van der Waals surface area (Å²) in [6.07, 6.45) is 3.37. The molecule has 1 aliphatic carbocycles. The topological polar surface area (TPSA) is 106 Å². The summed E-state index contributed by atoms with van der Waals surface area (Å²) < 4.78 is 43.5. The molecule has 1 atom stereocenters. The molecule has 1 unspecified atom stereocenters. The molecule has 2 aliphatic rings. The van der Waals surface area contributed by atoms with Crippen molar-refractivity contribution in [1.29, 1.82) is 0 Å². The van der Waals surface area contributed by atoms with Crippen LogP contribution in [-0.2, 0) is 16.9 Å². The number of carboxylic acids is 1. The number of halogens is 1. The number of hydrogen-bond acceptors (Lipinski definition) is 5. The van der Waals surface area contributed by atoms with Gasteiger partial charge in [0.05, 0.1) is 38.9 Å². The third-order valence-corrected chi connectivity index (χ3v) is 7.89. The highest BCUT2D eigenvalue weighted by atomic mass is 32.2. The molecule has 1 fully saturated rings. The molecule has 10 heteroatoms. The number of sulfone groups is 1. The van der Waals surface area contributed by atoms with E-state index >= 15 is 0 Å². The molecule has 33 heavy (non-hydrogen) atoms. The molecule has 3 heterocycles. The number of aryl methyl sites for hydroxylation is 1. The van der Waals surface area contributed by atoms with Crippen LogP contribution < -0.4 is 5.32 Å². The van der Waals surface area contributed by atoms with Crippen molar-refractivity contribution < 1.29 is 22.7 Å². The predicted molar refractivity (Wildman–Crippen MR) is 122 cm³/mol. The van der Waals surface area contributed by atoms with Crippen LogP contribution in [-0.4, -0.2) is 46.4 Å². The van der Waals surface area contributed by atoms with E-state index in [9.17, 15) is 22.7 Å². The van der Waals surface area contributed by atoms with Gasteiger partial charge >= 0.3 is 5.97 Å². The lowest BCUT2D eigenvalue weighted by atomic mass is 10.1. The van der Waals surface area contributed by atoms with Crippen molar-refractivity contribution in [3.63, 3.8) is 0 Å². The second-order valence-corrected chi connectivity index (χ2v) is 10.9. The lowest BCUT2D eigenvalue weighted by Crippen LogP contribution is -2.27. The molecule has 2 aromatic carbocycles. The average Bonchev–Trinajstić information content (AvgIpc) is 3.44. The Balaban J connectivity index is 1.68. The van der Waals surface area contributed by atoms with Gasteiger partial charge in [-0.3, -0.25) is 0 Å². The molecule has 1 saturated carbocycles. The number of carbonyl (C=O) groups is 1. The normalized spacial score (nSPS) is 18.1. The first-order valence-electron chi connectivity index (χ1n) is 10.7. The van der Waals surface area contributed by atoms with E-state index in [4.69, 9.17) is 0 Å². The smallest absolute Gasteiger partial charge is 0.335 e. The molecule has 4 aromatic rings. The van der Waals surface area contributed by atoms with Crippen molar-refractivity contribution in [2.45, 2.75) is 23.8 Å². The molecule has 0 saturated heterocycles. The van der Waals surface area contributed by atoms with Gasteiger partial charge in [0.2, 0.25) is 0 Å². The lowest BCUT2D eigenvalue weighted by Gasteiger charge is -2.30. The number of carboxylic acid groups (broad SMARTS) is 1. The first-order chi connectivity index (χ1) is 15.6. The van der Waals surface area contributed by atoms with Crippen molar-refractivity contribution in [3.05, 3.63) is 41.7 Å². The first kappa shape index (κ1) is 20.2. The first-order valence-corrected chi connectivity index (χ1v) is 12.6. The second-order valence-electron chi connectivity index (χ2n) is 8.96. The molecule has 2 N–H and O–H groups in total. The Hall–Kier alpha value is -3.40. The number of hydrogen-bond donors (Lipinski definition) is 2. The van der Waals surface area contributed by atoms with Gasteiger partial charge in [0.25, 0.3) is 0 Å². The summed E-state index contributed by atoms with van der Waals surface area (Å²) >= 11 is 0. The van der Waals surface area contributed by atoms with E-state index in [0.29, 0.717) is 24.0 Å². The number of fused-ring (bicyclic) bond motifs is 1. The highest BCUT2D eigenvalue weighted by molar-refractivity contribution is 7.90. The molecular weight excluding hydrogens is 447 g/mol. The Kier molecular flexibility index (Phi) is 4.02. The summed E-state index contributed by atoms with van der Waals surface area (Å²) in [6, 6.07) is 7.83. The summed E-state index contributed by atoms with van der Waals surface area (Å²) in [7, 11) is -1.74. The van der Waals surface area contributed by atoms with Gasteiger partial charge in [-0.25, -0.2) is 22.6 Å². The molecule has 170 valence electrons. The van der Waals surface area contributed by atoms with E-state index in [1.165, 1.54) is 12.3 Å². The van der Waals surface area contributed by atoms with E-state index in [0.717, 1.165) is 35.5 Å². The molecule has 1 aliphatic heterocycles. The average molecular weight is 469 g/mol. The monoisotopic (exact) mass is 468 g/mol. The number of anilines is 1. The number of imidazole rings is 1. The Morgan fingerprint density at radius 1 is 1.21 bits per heavy atom. The van der Waals surface area contributed by atoms with Gasteiger partial charge in [0.15, 0.2) is 15.7 Å². The van der Waals surface area contributed by atoms with Crippen molar-refractivity contribution in [2.75, 3.05) is 18.1 Å². The minimum atomic E-state index is -3.45. The van der Waals surface area contributed by atoms with Crippen LogP contribution in [0.25, 0.3) is 33.5 Å². The van der Waals surface area contributed by atoms with Crippen molar-refractivity contribution in [1.82, 2.24) is 14.1 Å². The Bertz CT molecular complexity index is 1610. The van der Waals surface area contributed by atoms with Crippen molar-refractivity contribution in [3.8, 4) is 11.5 Å². The summed E-state index contributed by atoms with van der Waals surface area (Å²) in [5, 5.41) is 13.5. The molecule has 0 radical (unpaired) electrons. The van der Waals surface area contributed by atoms with Crippen LogP contribution in [0.3, 0.4) is 0 Å². The summed E-state index contributed by atoms with van der Waals surface area (Å²) in [5.41, 5.74) is 2.46. The van der Waals surface area contributed by atoms with Gasteiger partial charge in [-0.2, -0.15) is 0 Å². The quantitative estimate of drug-likeness (QED) is 0.472. The second kappa shape index (κ2) is 6.57. The van der Waals surface area contributed by atoms with Crippen LogP contribution in [0.1, 0.15) is 29.2 Å². The molecule has 0 amide bonds. The Morgan fingerprint density at radius 3 is 2.64 bits per heavy atom. The number of nitrogens with zero attached hydrogens (tertiary/aromatic N) is 3. The Morgan fingerprint density at radius 2 is 1.97 bits per heavy atom. The molecule has 0 spiro atoms. The zero-order chi connectivity index (χ0) is 23.2. The lowest BCUT2D eigenvalue weighted by molar-refractivity contribution is 0.0696. The van der Waals surface area contributed by atoms with E-state index in [2.05, 4.69) is 14.9 Å². The fraction of sp³-hybridized carbons (Fsp3) is 0.304. The summed E-state index contributed by atoms with van der Waals surface area (Å²) in [5.74, 6) is -0.903. The number of benzene rings is 2. The number of rotatable bonds is 4. The number of nitrogens with one attached hydrogen (secondary N) is 1. The number of aromatic nitrogens is 3. The van der Waals surface area contributed by atoms with Crippen LogP contribution in [0.4, 0.5) is 10.1 Å². The van der Waals surface area contributed by atoms with Gasteiger partial charge in [0, 0.05) is 25.2 Å². The highest BCUT2D eigenvalue weighted by Gasteiger charge is 2.38. The van der Waals surface area contributed by atoms with E-state index < -0.39 is 21.6 Å². The van der Waals surface area contributed by atoms with E-state index in [1.54, 1.807) is 23.7 Å². The molecule has 6 rings (SSSR count). The Labute approximate surface area is 188 Å². The van der Waals surface area contributed by atoms with Gasteiger partial charge in [0.1, 0.15) is 11.3 Å². The number of aromatic carboxylic acids is 1. The van der Waals surface area contributed by atoms with Gasteiger partial charge in [-0.05, 0) is 43.0 Å². The maximum absolute atomic E-state index is 14.9. The zero-order valence-electron chi connectivity index (χ0n) is 18.0. The van der Waals surface area contributed by atoms with Crippen molar-refractivity contribution in [2.24, 2.45) is 13.0 Å². The molecule has 8 nitrogen and oxygen atoms in total. The van der Waals surface area contributed by atoms with E-state index in [1.807, 2.05) is 6.07 Å². The van der Waals surface area contributed by atoms with Gasteiger partial charge in [-0.1, -0.05) is 6.07 Å². The fourth-order valence-corrected chi connectivity index (χ4v) is 5.96. The molecule has 0 bridgehead atoms. The molecular formula is C23H21FN4O4S. The zero-order valence-corrected chi connectivity index (χ0v) is 18.8. The largest absolute Gasteiger partial charge is 0.478 e. The van der Waals surface area contributed by atoms with Crippen LogP contribution in [0.15, 0.2) is 35.2 Å². The standard InChI is InChI=1S/C23H21FN4O4S/c1-27-21-14(24)7-13(23(29)30)8-15(21)26-22(27)16-9-12-5-6-18(33(2,31)32)19-20(12)28(16)17(10-25-19)11-3-4-11/h5-9,11,17,25H,3-4,10H2,1-2H3,(H,29,30). The maximum Gasteiger partial charge on any atom is 0.335 e. The summed E-state index contributed by atoms with van der Waals surface area (Å²) in [6.45, 7) is 0.586. The minimum Gasteiger partial charge on any atom is -0.478 e. The summed E-state index contributed by atoms with van der Waals surface area (Å²) in [4.78, 5) is 16.3. The van der Waals surface area contributed by atoms with Crippen molar-refractivity contribution >= 4 is 43.4 Å². The van der Waals surface area contributed by atoms with Crippen LogP contribution in [0.2, 0.25) is 0 Å². The fourth-order valence-electron chi connectivity index (χ4n) is 5.10. The van der Waals surface area contributed by atoms with Gasteiger partial charge in [-0.15, -0.1) is 0 Å². The van der Waals surface area contributed by atoms with E-state index in [-0.39, 0.29) is 27.5 Å².